The first kappa shape index (κ1) is 20.6. The van der Waals surface area contributed by atoms with Crippen LogP contribution in [-0.2, 0) is 6.42 Å². The third kappa shape index (κ3) is 3.98. The standard InChI is InChI=1S/C22H18Cl2FN3O2/c23-15-5-6-16(24)20(25)19(15)21(30)14-10-17(27-12-14)18(29)11-13-4-3-7-26-22(13)28-8-1-2-9-28/h3-7,10,12,27H,1-2,8-9,11H2. The molecule has 0 unspecified atom stereocenters. The molecule has 1 N–H and O–H groups in total. The predicted molar refractivity (Wildman–Crippen MR) is 114 cm³/mol. The summed E-state index contributed by atoms with van der Waals surface area (Å²) in [4.78, 5) is 35.0. The lowest BCUT2D eigenvalue weighted by atomic mass is 10.0. The molecule has 3 aromatic rings. The number of benzene rings is 1. The Labute approximate surface area is 182 Å². The van der Waals surface area contributed by atoms with Gasteiger partial charge < -0.3 is 9.88 Å². The molecular formula is C22H18Cl2FN3O2. The van der Waals surface area contributed by atoms with Crippen molar-refractivity contribution >= 4 is 40.6 Å². The maximum absolute atomic E-state index is 14.3. The summed E-state index contributed by atoms with van der Waals surface area (Å²) in [7, 11) is 0. The van der Waals surface area contributed by atoms with Crippen molar-refractivity contribution in [1.29, 1.82) is 0 Å². The summed E-state index contributed by atoms with van der Waals surface area (Å²) < 4.78 is 14.3. The Morgan fingerprint density at radius 3 is 2.63 bits per heavy atom. The van der Waals surface area contributed by atoms with Gasteiger partial charge in [0, 0.05) is 43.0 Å². The fourth-order valence-corrected chi connectivity index (χ4v) is 4.01. The number of hydrogen-bond acceptors (Lipinski definition) is 4. The van der Waals surface area contributed by atoms with Crippen molar-refractivity contribution < 1.29 is 14.0 Å². The quantitative estimate of drug-likeness (QED) is 0.422. The Morgan fingerprint density at radius 1 is 1.13 bits per heavy atom. The Balaban J connectivity index is 1.56. The summed E-state index contributed by atoms with van der Waals surface area (Å²) in [5, 5.41) is -0.234. The van der Waals surface area contributed by atoms with Crippen LogP contribution in [-0.4, -0.2) is 34.6 Å². The molecule has 0 radical (unpaired) electrons. The largest absolute Gasteiger partial charge is 0.358 e. The van der Waals surface area contributed by atoms with Crippen molar-refractivity contribution in [3.63, 3.8) is 0 Å². The molecule has 0 aliphatic carbocycles. The highest BCUT2D eigenvalue weighted by atomic mass is 35.5. The number of ketones is 2. The zero-order valence-corrected chi connectivity index (χ0v) is 17.4. The van der Waals surface area contributed by atoms with Gasteiger partial charge in [-0.2, -0.15) is 0 Å². The van der Waals surface area contributed by atoms with Gasteiger partial charge in [-0.05, 0) is 37.1 Å². The van der Waals surface area contributed by atoms with Gasteiger partial charge in [0.05, 0.1) is 21.3 Å². The van der Waals surface area contributed by atoms with E-state index in [2.05, 4.69) is 14.9 Å². The summed E-state index contributed by atoms with van der Waals surface area (Å²) in [6.45, 7) is 1.84. The third-order valence-corrected chi connectivity index (χ3v) is 5.75. The number of aromatic nitrogens is 2. The second-order valence-corrected chi connectivity index (χ2v) is 7.94. The van der Waals surface area contributed by atoms with Gasteiger partial charge in [-0.3, -0.25) is 9.59 Å². The smallest absolute Gasteiger partial charge is 0.199 e. The molecule has 0 saturated carbocycles. The predicted octanol–water partition coefficient (Wildman–Crippen LogP) is 5.11. The van der Waals surface area contributed by atoms with Gasteiger partial charge in [0.2, 0.25) is 0 Å². The molecular weight excluding hydrogens is 428 g/mol. The molecule has 30 heavy (non-hydrogen) atoms. The van der Waals surface area contributed by atoms with E-state index in [4.69, 9.17) is 23.2 Å². The minimum absolute atomic E-state index is 0.0402. The maximum Gasteiger partial charge on any atom is 0.199 e. The molecule has 3 heterocycles. The second kappa shape index (κ2) is 8.58. The van der Waals surface area contributed by atoms with Crippen LogP contribution in [0.15, 0.2) is 42.7 Å². The molecule has 2 aromatic heterocycles. The minimum Gasteiger partial charge on any atom is -0.358 e. The molecule has 0 amide bonds. The Kier molecular flexibility index (Phi) is 5.88. The summed E-state index contributed by atoms with van der Waals surface area (Å²) >= 11 is 11.8. The lowest BCUT2D eigenvalue weighted by molar-refractivity contribution is 0.0988. The lowest BCUT2D eigenvalue weighted by Gasteiger charge is -2.19. The molecule has 4 rings (SSSR count). The summed E-state index contributed by atoms with van der Waals surface area (Å²) in [5.74, 6) is -0.901. The summed E-state index contributed by atoms with van der Waals surface area (Å²) in [6, 6.07) is 7.74. The van der Waals surface area contributed by atoms with Crippen LogP contribution < -0.4 is 4.90 Å². The fourth-order valence-electron chi connectivity index (χ4n) is 3.62. The monoisotopic (exact) mass is 445 g/mol. The number of nitrogens with zero attached hydrogens (tertiary/aromatic N) is 2. The summed E-state index contributed by atoms with van der Waals surface area (Å²) in [5.41, 5.74) is 0.905. The zero-order chi connectivity index (χ0) is 21.3. The van der Waals surface area contributed by atoms with E-state index in [1.54, 1.807) is 12.3 Å². The number of carbonyl (C=O) groups is 2. The maximum atomic E-state index is 14.3. The van der Waals surface area contributed by atoms with Crippen LogP contribution in [0.2, 0.25) is 10.0 Å². The average molecular weight is 446 g/mol. The molecule has 154 valence electrons. The molecule has 1 aliphatic rings. The van der Waals surface area contributed by atoms with Crippen LogP contribution in [0.25, 0.3) is 0 Å². The Hall–Kier alpha value is -2.70. The van der Waals surface area contributed by atoms with E-state index in [1.807, 2.05) is 6.07 Å². The van der Waals surface area contributed by atoms with E-state index in [9.17, 15) is 14.0 Å². The van der Waals surface area contributed by atoms with Crippen LogP contribution in [0, 0.1) is 5.82 Å². The van der Waals surface area contributed by atoms with Crippen molar-refractivity contribution in [1.82, 2.24) is 9.97 Å². The highest BCUT2D eigenvalue weighted by Gasteiger charge is 2.23. The van der Waals surface area contributed by atoms with Crippen LogP contribution in [0.5, 0.6) is 0 Å². The van der Waals surface area contributed by atoms with Crippen LogP contribution >= 0.6 is 23.2 Å². The van der Waals surface area contributed by atoms with E-state index in [0.29, 0.717) is 0 Å². The number of H-pyrrole nitrogens is 1. The molecule has 1 fully saturated rings. The summed E-state index contributed by atoms with van der Waals surface area (Å²) in [6.07, 6.45) is 5.44. The van der Waals surface area contributed by atoms with E-state index in [1.165, 1.54) is 24.4 Å². The molecule has 0 atom stereocenters. The minimum atomic E-state index is -0.881. The van der Waals surface area contributed by atoms with E-state index < -0.39 is 11.6 Å². The van der Waals surface area contributed by atoms with Crippen molar-refractivity contribution in [2.24, 2.45) is 0 Å². The van der Waals surface area contributed by atoms with E-state index in [-0.39, 0.29) is 39.1 Å². The number of Topliss-reactive ketones (excluding diaryl/α,β-unsaturated/α-hetero) is 1. The lowest BCUT2D eigenvalue weighted by Crippen LogP contribution is -2.21. The molecule has 1 aliphatic heterocycles. The topological polar surface area (TPSA) is 66.1 Å². The van der Waals surface area contributed by atoms with Crippen molar-refractivity contribution in [2.45, 2.75) is 19.3 Å². The molecule has 1 saturated heterocycles. The number of anilines is 1. The van der Waals surface area contributed by atoms with Gasteiger partial charge in [-0.25, -0.2) is 9.37 Å². The Bertz CT molecular complexity index is 1120. The van der Waals surface area contributed by atoms with E-state index in [0.717, 1.165) is 37.3 Å². The number of nitrogens with one attached hydrogen (secondary N) is 1. The number of rotatable bonds is 6. The zero-order valence-electron chi connectivity index (χ0n) is 15.9. The van der Waals surface area contributed by atoms with Crippen LogP contribution in [0.3, 0.4) is 0 Å². The highest BCUT2D eigenvalue weighted by Crippen LogP contribution is 2.28. The van der Waals surface area contributed by atoms with Crippen LogP contribution in [0.1, 0.15) is 44.8 Å². The normalized spacial score (nSPS) is 13.6. The van der Waals surface area contributed by atoms with Crippen molar-refractivity contribution in [3.05, 3.63) is 81.0 Å². The van der Waals surface area contributed by atoms with Gasteiger partial charge >= 0.3 is 0 Å². The number of carbonyl (C=O) groups excluding carboxylic acids is 2. The molecule has 0 bridgehead atoms. The number of hydrogen-bond donors (Lipinski definition) is 1. The number of pyridine rings is 1. The molecule has 5 nitrogen and oxygen atoms in total. The molecule has 8 heteroatoms. The van der Waals surface area contributed by atoms with Gasteiger partial charge in [-0.15, -0.1) is 0 Å². The third-order valence-electron chi connectivity index (χ3n) is 5.14. The fraction of sp³-hybridized carbons (Fsp3) is 0.227. The van der Waals surface area contributed by atoms with Crippen LogP contribution in [0.4, 0.5) is 10.2 Å². The second-order valence-electron chi connectivity index (χ2n) is 7.13. The van der Waals surface area contributed by atoms with Crippen molar-refractivity contribution in [2.75, 3.05) is 18.0 Å². The SMILES string of the molecule is O=C(Cc1cccnc1N1CCCC1)c1cc(C(=O)c2c(Cl)ccc(Cl)c2F)c[nH]1. The number of halogens is 3. The van der Waals surface area contributed by atoms with Gasteiger partial charge in [0.25, 0.3) is 0 Å². The van der Waals surface area contributed by atoms with Gasteiger partial charge in [0.1, 0.15) is 5.82 Å². The first-order valence-electron chi connectivity index (χ1n) is 9.54. The van der Waals surface area contributed by atoms with Gasteiger partial charge in [0.15, 0.2) is 17.4 Å². The first-order valence-corrected chi connectivity index (χ1v) is 10.3. The molecule has 1 aromatic carbocycles. The molecule has 0 spiro atoms. The number of aromatic amines is 1. The van der Waals surface area contributed by atoms with Gasteiger partial charge in [-0.1, -0.05) is 29.3 Å². The Morgan fingerprint density at radius 2 is 1.87 bits per heavy atom. The highest BCUT2D eigenvalue weighted by molar-refractivity contribution is 6.37. The first-order chi connectivity index (χ1) is 14.5. The van der Waals surface area contributed by atoms with E-state index >= 15 is 0 Å². The van der Waals surface area contributed by atoms with Crippen molar-refractivity contribution in [3.8, 4) is 0 Å². The average Bonchev–Trinajstić information content (AvgIpc) is 3.43.